The Morgan fingerprint density at radius 3 is 2.52 bits per heavy atom. The van der Waals surface area contributed by atoms with Gasteiger partial charge in [0, 0.05) is 43.3 Å². The van der Waals surface area contributed by atoms with E-state index in [4.69, 9.17) is 9.47 Å². The zero-order chi connectivity index (χ0) is 32.9. The fourth-order valence-corrected chi connectivity index (χ4v) is 8.52. The zero-order valence-electron chi connectivity index (χ0n) is 26.7. The maximum atomic E-state index is 13.1. The Labute approximate surface area is 268 Å². The molecule has 0 aromatic heterocycles. The van der Waals surface area contributed by atoms with E-state index in [0.29, 0.717) is 40.4 Å². The molecule has 8 nitrogen and oxygen atoms in total. The van der Waals surface area contributed by atoms with Crippen molar-refractivity contribution in [1.29, 1.82) is 0 Å². The normalized spacial score (nSPS) is 31.2. The molecule has 6 atom stereocenters. The number of nitrogens with one attached hydrogen (secondary N) is 1. The minimum absolute atomic E-state index is 0.0485. The molecule has 11 heteroatoms. The maximum absolute atomic E-state index is 13.1. The number of benzene rings is 2. The van der Waals surface area contributed by atoms with E-state index < -0.39 is 30.3 Å². The number of anilines is 1. The summed E-state index contributed by atoms with van der Waals surface area (Å²) < 4.78 is 52.5. The predicted octanol–water partition coefficient (Wildman–Crippen LogP) is 6.12. The number of aliphatic hydroxyl groups is 1. The van der Waals surface area contributed by atoms with Gasteiger partial charge in [-0.05, 0) is 66.2 Å². The molecule has 2 amide bonds. The van der Waals surface area contributed by atoms with Crippen LogP contribution < -0.4 is 5.32 Å². The Kier molecular flexibility index (Phi) is 8.99. The molecule has 1 saturated carbocycles. The van der Waals surface area contributed by atoms with Crippen molar-refractivity contribution >= 4 is 17.5 Å². The van der Waals surface area contributed by atoms with E-state index in [1.807, 2.05) is 30.3 Å². The van der Waals surface area contributed by atoms with Crippen molar-refractivity contribution in [2.24, 2.45) is 10.8 Å². The highest BCUT2D eigenvalue weighted by Crippen LogP contribution is 2.53. The van der Waals surface area contributed by atoms with E-state index in [1.54, 1.807) is 18.2 Å². The van der Waals surface area contributed by atoms with Crippen LogP contribution in [0.2, 0.25) is 0 Å². The van der Waals surface area contributed by atoms with Gasteiger partial charge in [0.1, 0.15) is 6.04 Å². The minimum atomic E-state index is -5.04. The number of carbonyl (C=O) groups is 2. The van der Waals surface area contributed by atoms with Crippen LogP contribution in [0.15, 0.2) is 48.5 Å². The highest BCUT2D eigenvalue weighted by atomic mass is 19.4. The van der Waals surface area contributed by atoms with Gasteiger partial charge in [-0.25, -0.2) is 0 Å². The lowest BCUT2D eigenvalue weighted by atomic mass is 9.65. The van der Waals surface area contributed by atoms with E-state index in [2.05, 4.69) is 31.0 Å². The lowest BCUT2D eigenvalue weighted by Gasteiger charge is -2.41. The van der Waals surface area contributed by atoms with Crippen molar-refractivity contribution in [2.75, 3.05) is 25.0 Å². The topological polar surface area (TPSA) is 91.3 Å². The largest absolute Gasteiger partial charge is 0.471 e. The van der Waals surface area contributed by atoms with Gasteiger partial charge >= 0.3 is 12.1 Å². The molecule has 46 heavy (non-hydrogen) atoms. The highest BCUT2D eigenvalue weighted by Gasteiger charge is 2.50. The van der Waals surface area contributed by atoms with Crippen molar-refractivity contribution in [3.8, 4) is 0 Å². The van der Waals surface area contributed by atoms with Crippen LogP contribution in [0.1, 0.15) is 88.4 Å². The van der Waals surface area contributed by atoms with Gasteiger partial charge in [0.15, 0.2) is 6.29 Å². The van der Waals surface area contributed by atoms with Crippen molar-refractivity contribution in [1.82, 2.24) is 9.80 Å². The van der Waals surface area contributed by atoms with Crippen LogP contribution in [0.3, 0.4) is 0 Å². The van der Waals surface area contributed by atoms with E-state index >= 15 is 0 Å². The summed E-state index contributed by atoms with van der Waals surface area (Å²) in [5.74, 6) is -2.65. The van der Waals surface area contributed by atoms with Crippen LogP contribution >= 0.6 is 0 Å². The number of likely N-dealkylation sites (tertiary alicyclic amines) is 2. The number of rotatable bonds is 7. The van der Waals surface area contributed by atoms with Gasteiger partial charge in [-0.15, -0.1) is 0 Å². The molecule has 250 valence electrons. The van der Waals surface area contributed by atoms with Crippen LogP contribution in [0.4, 0.5) is 18.9 Å². The molecule has 2 N–H and O–H groups in total. The summed E-state index contributed by atoms with van der Waals surface area (Å²) in [5, 5.41) is 12.3. The van der Waals surface area contributed by atoms with Gasteiger partial charge in [0.25, 0.3) is 0 Å². The smallest absolute Gasteiger partial charge is 0.392 e. The lowest BCUT2D eigenvalue weighted by molar-refractivity contribution is -0.253. The number of fused-ring (bicyclic) bond motifs is 2. The summed E-state index contributed by atoms with van der Waals surface area (Å²) in [5.41, 5.74) is 3.41. The highest BCUT2D eigenvalue weighted by molar-refractivity contribution is 5.98. The Balaban J connectivity index is 1.20. The molecule has 3 heterocycles. The van der Waals surface area contributed by atoms with Gasteiger partial charge in [-0.3, -0.25) is 14.5 Å². The second kappa shape index (κ2) is 12.6. The molecular weight excluding hydrogens is 599 g/mol. The third-order valence-corrected chi connectivity index (χ3v) is 10.1. The molecule has 1 aliphatic carbocycles. The fraction of sp³-hybridized carbons (Fsp3) is 0.600. The maximum Gasteiger partial charge on any atom is 0.471 e. The first-order chi connectivity index (χ1) is 21.7. The number of hydrogen-bond acceptors (Lipinski definition) is 6. The van der Waals surface area contributed by atoms with E-state index in [-0.39, 0.29) is 37.2 Å². The Hall–Kier alpha value is -2.99. The van der Waals surface area contributed by atoms with Gasteiger partial charge < -0.3 is 24.8 Å². The summed E-state index contributed by atoms with van der Waals surface area (Å²) in [6.07, 6.45) is -1.53. The lowest BCUT2D eigenvalue weighted by Crippen LogP contribution is -2.48. The van der Waals surface area contributed by atoms with Crippen molar-refractivity contribution < 1.29 is 37.3 Å². The summed E-state index contributed by atoms with van der Waals surface area (Å²) in [6, 6.07) is 14.0. The average Bonchev–Trinajstić information content (AvgIpc) is 3.57. The van der Waals surface area contributed by atoms with E-state index in [9.17, 15) is 27.9 Å². The van der Waals surface area contributed by atoms with Crippen molar-refractivity contribution in [2.45, 2.75) is 103 Å². The number of nitrogens with zero attached hydrogens (tertiary/aromatic N) is 2. The molecule has 2 aromatic rings. The van der Waals surface area contributed by atoms with Gasteiger partial charge in [0.05, 0.1) is 18.8 Å². The van der Waals surface area contributed by atoms with Gasteiger partial charge in [-0.2, -0.15) is 13.2 Å². The molecular formula is C35H44F3N3O5. The number of hydrogen-bond donors (Lipinski definition) is 2. The standard InChI is InChI=1S/C35H44F3N3O5/c1-33(2)16-26-17-34(3,20-33)21-40(26)18-27-15-29(23-11-9-22(19-42)10-12-23)46-31(45-27)24-6-4-7-25(14-24)39-30(43)28-8-5-13-41(28)32(44)35(36,37)38/h4,6-7,9-12,14,26-29,31,42H,5,8,13,15-21H2,1-3H3,(H,39,43)/t26?,27-,28-,29+,31+,34?/m0/s1. The first-order valence-electron chi connectivity index (χ1n) is 16.3. The fourth-order valence-electron chi connectivity index (χ4n) is 8.52. The first kappa shape index (κ1) is 32.9. The summed E-state index contributed by atoms with van der Waals surface area (Å²) in [4.78, 5) is 28.2. The van der Waals surface area contributed by atoms with E-state index in [0.717, 1.165) is 30.6 Å². The summed E-state index contributed by atoms with van der Waals surface area (Å²) in [6.45, 7) is 8.74. The van der Waals surface area contributed by atoms with Crippen LogP contribution in [-0.2, 0) is 25.7 Å². The number of carbonyl (C=O) groups excluding carboxylic acids is 2. The molecule has 2 bridgehead atoms. The average molecular weight is 644 g/mol. The third kappa shape index (κ3) is 7.12. The zero-order valence-corrected chi connectivity index (χ0v) is 26.7. The third-order valence-electron chi connectivity index (χ3n) is 10.1. The molecule has 3 saturated heterocycles. The SMILES string of the molecule is CC1(C)CC2CC(C)(CN2C[C@@H]2C[C@H](c3ccc(CO)cc3)O[C@H](c3cccc(NC(=O)[C@@H]4CCCN4C(=O)C(F)(F)F)c3)O2)C1. The first-order valence-corrected chi connectivity index (χ1v) is 16.3. The van der Waals surface area contributed by atoms with Crippen LogP contribution in [-0.4, -0.2) is 70.7 Å². The number of aliphatic hydroxyl groups excluding tert-OH is 1. The number of amides is 2. The monoisotopic (exact) mass is 643 g/mol. The molecule has 4 fully saturated rings. The molecule has 4 aliphatic rings. The second-order valence-electron chi connectivity index (χ2n) is 14.8. The Morgan fingerprint density at radius 1 is 1.04 bits per heavy atom. The number of alkyl halides is 3. The van der Waals surface area contributed by atoms with Gasteiger partial charge in [-0.1, -0.05) is 57.2 Å². The summed E-state index contributed by atoms with van der Waals surface area (Å²) >= 11 is 0. The Morgan fingerprint density at radius 2 is 1.80 bits per heavy atom. The molecule has 6 rings (SSSR count). The quantitative estimate of drug-likeness (QED) is 0.378. The second-order valence-corrected chi connectivity index (χ2v) is 14.8. The predicted molar refractivity (Wildman–Crippen MR) is 165 cm³/mol. The van der Waals surface area contributed by atoms with E-state index in [1.165, 1.54) is 12.8 Å². The number of ether oxygens (including phenoxy) is 2. The minimum Gasteiger partial charge on any atom is -0.392 e. The summed E-state index contributed by atoms with van der Waals surface area (Å²) in [7, 11) is 0. The van der Waals surface area contributed by atoms with Gasteiger partial charge in [0.2, 0.25) is 5.91 Å². The van der Waals surface area contributed by atoms with Crippen LogP contribution in [0, 0.1) is 10.8 Å². The van der Waals surface area contributed by atoms with Crippen molar-refractivity contribution in [3.63, 3.8) is 0 Å². The number of halogens is 3. The molecule has 0 radical (unpaired) electrons. The molecule has 3 aliphatic heterocycles. The molecule has 2 unspecified atom stereocenters. The Bertz CT molecular complexity index is 1430. The van der Waals surface area contributed by atoms with Crippen LogP contribution in [0.5, 0.6) is 0 Å². The van der Waals surface area contributed by atoms with Crippen LogP contribution in [0.25, 0.3) is 0 Å². The molecule has 2 aromatic carbocycles. The van der Waals surface area contributed by atoms with Crippen molar-refractivity contribution in [3.05, 3.63) is 65.2 Å². The molecule has 0 spiro atoms.